The van der Waals surface area contributed by atoms with Gasteiger partial charge in [0.15, 0.2) is 0 Å². The Kier molecular flexibility index (Phi) is 21.2. The van der Waals surface area contributed by atoms with Gasteiger partial charge in [0.05, 0.1) is 23.3 Å². The zero-order valence-corrected chi connectivity index (χ0v) is 32.0. The van der Waals surface area contributed by atoms with E-state index in [1.165, 1.54) is 51.4 Å². The average molecular weight is 881 g/mol. The van der Waals surface area contributed by atoms with Crippen LogP contribution in [0.3, 0.4) is 0 Å². The molecule has 0 aromatic heterocycles. The van der Waals surface area contributed by atoms with Crippen LogP contribution in [0.1, 0.15) is 138 Å². The number of benzene rings is 1. The van der Waals surface area contributed by atoms with E-state index < -0.39 is 70.5 Å². The van der Waals surface area contributed by atoms with Gasteiger partial charge < -0.3 is 4.74 Å². The Morgan fingerprint density at radius 3 is 1.14 bits per heavy atom. The molecule has 0 fully saturated rings. The molecule has 0 radical (unpaired) electrons. The van der Waals surface area contributed by atoms with E-state index >= 15 is 8.78 Å². The van der Waals surface area contributed by atoms with Gasteiger partial charge in [0, 0.05) is 12.8 Å². The largest absolute Gasteiger partial charge is 0.462 e. The first-order valence-corrected chi connectivity index (χ1v) is 18.9. The van der Waals surface area contributed by atoms with Crippen LogP contribution in [0, 0.1) is 23.7 Å². The van der Waals surface area contributed by atoms with Crippen LogP contribution in [0.4, 0.5) is 74.6 Å². The van der Waals surface area contributed by atoms with E-state index in [9.17, 15) is 70.7 Å². The smallest absolute Gasteiger partial charge is 0.435 e. The number of alkyl halides is 17. The molecular weight excluding hydrogens is 835 g/mol. The number of hydrogen-bond donors (Lipinski definition) is 0. The van der Waals surface area contributed by atoms with E-state index in [4.69, 9.17) is 4.74 Å². The third kappa shape index (κ3) is 15.7. The van der Waals surface area contributed by atoms with Crippen LogP contribution in [-0.4, -0.2) is 54.8 Å². The third-order valence-corrected chi connectivity index (χ3v) is 9.02. The van der Waals surface area contributed by atoms with Crippen LogP contribution in [-0.2, 0) is 4.74 Å². The number of halogens is 17. The van der Waals surface area contributed by atoms with Crippen molar-refractivity contribution in [3.8, 4) is 23.7 Å². The van der Waals surface area contributed by atoms with Crippen molar-refractivity contribution in [1.29, 1.82) is 0 Å². The van der Waals surface area contributed by atoms with Crippen molar-refractivity contribution < 1.29 is 84.2 Å². The molecule has 1 aromatic carbocycles. The Labute approximate surface area is 331 Å². The van der Waals surface area contributed by atoms with Gasteiger partial charge in [0.25, 0.3) is 0 Å². The van der Waals surface area contributed by atoms with Crippen molar-refractivity contribution in [2.24, 2.45) is 0 Å². The number of ether oxygens (including phenoxy) is 1. The number of rotatable bonds is 22. The van der Waals surface area contributed by atoms with Crippen LogP contribution in [0.5, 0.6) is 0 Å². The van der Waals surface area contributed by atoms with Crippen molar-refractivity contribution in [1.82, 2.24) is 0 Å². The Hall–Kier alpha value is -3.64. The first kappa shape index (κ1) is 53.4. The number of carbonyl (C=O) groups excluding carboxylic acids is 1. The minimum absolute atomic E-state index is 0.121. The molecule has 0 bridgehead atoms. The molecule has 0 aliphatic carbocycles. The molecule has 2 nitrogen and oxygen atoms in total. The minimum atomic E-state index is -8.21. The summed E-state index contributed by atoms with van der Waals surface area (Å²) in [5.41, 5.74) is -29.3. The molecule has 0 atom stereocenters. The standard InChI is InChI=1S/C40H45F17O2/c1-2-3-4-5-6-7-8-9-10-11-12-13-14-15-16-17-18-19-20-21-22-23-28-59-33(58)30-26-24-29(25-27-30)31(36(43,44)45)32(34(41,37(46,47)48)38(49,50)51)35(42,39(52,53)54)40(55,56)57/h24-27H,2-12,17-23,28H2,1H3. The lowest BCUT2D eigenvalue weighted by Crippen LogP contribution is -2.66. The average Bonchev–Trinajstić information content (AvgIpc) is 3.11. The molecule has 59 heavy (non-hydrogen) atoms. The van der Waals surface area contributed by atoms with Gasteiger partial charge in [0.1, 0.15) is 0 Å². The van der Waals surface area contributed by atoms with Crippen molar-refractivity contribution >= 4 is 11.5 Å². The molecule has 0 aliphatic rings. The fraction of sp³-hybridized carbons (Fsp3) is 0.675. The Bertz CT molecular complexity index is 1510. The summed E-state index contributed by atoms with van der Waals surface area (Å²) in [4.78, 5) is 12.3. The molecule has 0 unspecified atom stereocenters. The van der Waals surface area contributed by atoms with Crippen LogP contribution in [0.2, 0.25) is 0 Å². The molecule has 0 aliphatic heterocycles. The number of unbranched alkanes of at least 4 members (excludes halogenated alkanes) is 16. The first-order chi connectivity index (χ1) is 27.2. The van der Waals surface area contributed by atoms with Gasteiger partial charge in [-0.05, 0) is 48.8 Å². The molecule has 19 heteroatoms. The lowest BCUT2D eigenvalue weighted by molar-refractivity contribution is -0.363. The number of hydrogen-bond acceptors (Lipinski definition) is 2. The van der Waals surface area contributed by atoms with E-state index in [1.807, 2.05) is 0 Å². The van der Waals surface area contributed by atoms with Crippen LogP contribution in [0.25, 0.3) is 5.57 Å². The normalized spacial score (nSPS) is 13.0. The number of allylic oxidation sites excluding steroid dienone is 2. The van der Waals surface area contributed by atoms with Crippen LogP contribution >= 0.6 is 0 Å². The van der Waals surface area contributed by atoms with Gasteiger partial charge in [-0.3, -0.25) is 0 Å². The Morgan fingerprint density at radius 1 is 0.475 bits per heavy atom. The second kappa shape index (κ2) is 23.4. The molecule has 0 N–H and O–H groups in total. The summed E-state index contributed by atoms with van der Waals surface area (Å²) in [6.45, 7) is 1.88. The lowest BCUT2D eigenvalue weighted by atomic mass is 9.76. The molecular formula is C40H45F17O2. The van der Waals surface area contributed by atoms with E-state index in [-0.39, 0.29) is 37.3 Å². The van der Waals surface area contributed by atoms with Crippen molar-refractivity contribution in [3.05, 3.63) is 41.0 Å². The van der Waals surface area contributed by atoms with Crippen molar-refractivity contribution in [3.63, 3.8) is 0 Å². The summed E-state index contributed by atoms with van der Waals surface area (Å²) in [5, 5.41) is 0. The molecule has 0 amide bonds. The molecule has 0 heterocycles. The second-order valence-corrected chi connectivity index (χ2v) is 13.7. The van der Waals surface area contributed by atoms with Gasteiger partial charge in [-0.2, -0.15) is 65.9 Å². The molecule has 1 aromatic rings. The quantitative estimate of drug-likeness (QED) is 0.0502. The van der Waals surface area contributed by atoms with Gasteiger partial charge in [-0.25, -0.2) is 13.6 Å². The van der Waals surface area contributed by atoms with Gasteiger partial charge >= 0.3 is 48.2 Å². The first-order valence-electron chi connectivity index (χ1n) is 18.9. The molecule has 1 rings (SSSR count). The molecule has 0 saturated heterocycles. The van der Waals surface area contributed by atoms with Gasteiger partial charge in [-0.15, -0.1) is 0 Å². The fourth-order valence-corrected chi connectivity index (χ4v) is 5.88. The van der Waals surface area contributed by atoms with Crippen LogP contribution in [0.15, 0.2) is 29.8 Å². The summed E-state index contributed by atoms with van der Waals surface area (Å²) < 4.78 is 239. The highest BCUT2D eigenvalue weighted by Crippen LogP contribution is 2.64. The number of carbonyl (C=O) groups is 1. The SMILES string of the molecule is CCCCCCCCCCCCC#CC#CCCCCCCCCOC(=O)c1ccc(C(=C(C(F)(C(F)(F)F)C(F)(F)F)C(F)(C(F)(F)F)C(F)(F)F)C(F)(F)F)cc1. The monoisotopic (exact) mass is 880 g/mol. The number of esters is 1. The third-order valence-electron chi connectivity index (χ3n) is 9.02. The summed E-state index contributed by atoms with van der Waals surface area (Å²) >= 11 is 0. The maximum atomic E-state index is 15.0. The Balaban J connectivity index is 2.84. The van der Waals surface area contributed by atoms with Gasteiger partial charge in [0.2, 0.25) is 0 Å². The van der Waals surface area contributed by atoms with Crippen molar-refractivity contribution in [2.45, 2.75) is 165 Å². The molecule has 336 valence electrons. The van der Waals surface area contributed by atoms with E-state index in [0.717, 1.165) is 38.5 Å². The zero-order chi connectivity index (χ0) is 45.2. The van der Waals surface area contributed by atoms with E-state index in [2.05, 4.69) is 30.6 Å². The maximum Gasteiger partial charge on any atom is 0.435 e. The van der Waals surface area contributed by atoms with Crippen molar-refractivity contribution in [2.75, 3.05) is 6.61 Å². The summed E-state index contributed by atoms with van der Waals surface area (Å²) in [6, 6.07) is -0.432. The highest BCUT2D eigenvalue weighted by Gasteiger charge is 2.87. The predicted octanol–water partition coefficient (Wildman–Crippen LogP) is 14.9. The van der Waals surface area contributed by atoms with Crippen LogP contribution < -0.4 is 0 Å². The lowest BCUT2D eigenvalue weighted by Gasteiger charge is -2.41. The van der Waals surface area contributed by atoms with Gasteiger partial charge in [-0.1, -0.05) is 114 Å². The minimum Gasteiger partial charge on any atom is -0.462 e. The highest BCUT2D eigenvalue weighted by molar-refractivity contribution is 5.90. The summed E-state index contributed by atoms with van der Waals surface area (Å²) in [5.74, 6) is 10.3. The highest BCUT2D eigenvalue weighted by atomic mass is 19.4. The van der Waals surface area contributed by atoms with E-state index in [1.54, 1.807) is 0 Å². The summed E-state index contributed by atoms with van der Waals surface area (Å²) in [7, 11) is 0. The zero-order valence-electron chi connectivity index (χ0n) is 32.0. The maximum absolute atomic E-state index is 15.0. The second-order valence-electron chi connectivity index (χ2n) is 13.7. The predicted molar refractivity (Wildman–Crippen MR) is 186 cm³/mol. The Morgan fingerprint density at radius 2 is 0.797 bits per heavy atom. The summed E-state index contributed by atoms with van der Waals surface area (Å²) in [6.07, 6.45) is -21.8. The van der Waals surface area contributed by atoms with E-state index in [0.29, 0.717) is 19.3 Å². The fourth-order valence-electron chi connectivity index (χ4n) is 5.88. The molecule has 0 spiro atoms. The topological polar surface area (TPSA) is 26.3 Å². The molecule has 0 saturated carbocycles.